The first-order chi connectivity index (χ1) is 12.1. The van der Waals surface area contributed by atoms with E-state index in [1.807, 2.05) is 19.2 Å². The van der Waals surface area contributed by atoms with E-state index in [1.165, 1.54) is 0 Å². The summed E-state index contributed by atoms with van der Waals surface area (Å²) in [5.41, 5.74) is 2.04. The summed E-state index contributed by atoms with van der Waals surface area (Å²) >= 11 is 0. The topological polar surface area (TPSA) is 63.7 Å². The zero-order valence-electron chi connectivity index (χ0n) is 15.2. The summed E-state index contributed by atoms with van der Waals surface area (Å²) in [6.07, 6.45) is 5.29. The van der Waals surface area contributed by atoms with Crippen LogP contribution in [0.15, 0.2) is 36.7 Å². The average Bonchev–Trinajstić information content (AvgIpc) is 2.66. The fourth-order valence-corrected chi connectivity index (χ4v) is 2.40. The normalized spacial score (nSPS) is 10.2. The number of nitrogens with zero attached hydrogens (tertiary/aromatic N) is 2. The highest BCUT2D eigenvalue weighted by atomic mass is 16.5. The Morgan fingerprint density at radius 1 is 1.20 bits per heavy atom. The number of benzene rings is 1. The number of rotatable bonds is 8. The maximum absolute atomic E-state index is 12.5. The Bertz CT molecular complexity index is 719. The van der Waals surface area contributed by atoms with Crippen LogP contribution in [0.2, 0.25) is 0 Å². The van der Waals surface area contributed by atoms with Crippen LogP contribution in [0, 0.1) is 0 Å². The van der Waals surface area contributed by atoms with Gasteiger partial charge in [0.25, 0.3) is 5.91 Å². The van der Waals surface area contributed by atoms with Gasteiger partial charge in [0, 0.05) is 25.9 Å². The molecule has 1 aromatic carbocycles. The van der Waals surface area contributed by atoms with Gasteiger partial charge in [-0.2, -0.15) is 0 Å². The number of ether oxygens (including phenoxy) is 2. The van der Waals surface area contributed by atoms with Crippen LogP contribution < -0.4 is 14.8 Å². The molecule has 1 heterocycles. The molecule has 0 aliphatic heterocycles. The van der Waals surface area contributed by atoms with Crippen LogP contribution in [0.4, 0.5) is 11.4 Å². The molecule has 0 aliphatic rings. The number of hydrogen-bond donors (Lipinski definition) is 1. The van der Waals surface area contributed by atoms with E-state index in [1.54, 1.807) is 43.6 Å². The van der Waals surface area contributed by atoms with Crippen molar-refractivity contribution < 1.29 is 14.3 Å². The highest BCUT2D eigenvalue weighted by Gasteiger charge is 2.13. The van der Waals surface area contributed by atoms with Crippen LogP contribution in [0.5, 0.6) is 11.5 Å². The molecular weight excluding hydrogens is 318 g/mol. The first kappa shape index (κ1) is 18.6. The van der Waals surface area contributed by atoms with Crippen LogP contribution in [0.3, 0.4) is 0 Å². The molecule has 0 saturated carbocycles. The second-order valence-electron chi connectivity index (χ2n) is 5.73. The number of carbonyl (C=O) groups is 1. The predicted molar refractivity (Wildman–Crippen MR) is 98.9 cm³/mol. The third-order valence-corrected chi connectivity index (χ3v) is 3.87. The minimum atomic E-state index is -0.0358. The average molecular weight is 343 g/mol. The number of carbonyl (C=O) groups excluding carboxylic acids is 1. The molecule has 0 saturated heterocycles. The second-order valence-corrected chi connectivity index (χ2v) is 5.73. The van der Waals surface area contributed by atoms with Crippen molar-refractivity contribution in [3.63, 3.8) is 0 Å². The van der Waals surface area contributed by atoms with Gasteiger partial charge in [-0.1, -0.05) is 13.3 Å². The number of unbranched alkanes of at least 4 members (excludes halogenated alkanes) is 1. The summed E-state index contributed by atoms with van der Waals surface area (Å²) in [5.74, 6) is 1.32. The molecule has 0 aliphatic carbocycles. The lowest BCUT2D eigenvalue weighted by Gasteiger charge is -2.17. The summed E-state index contributed by atoms with van der Waals surface area (Å²) in [6.45, 7) is 2.84. The molecule has 6 heteroatoms. The van der Waals surface area contributed by atoms with Crippen molar-refractivity contribution in [2.75, 3.05) is 33.1 Å². The van der Waals surface area contributed by atoms with E-state index in [0.717, 1.165) is 30.8 Å². The van der Waals surface area contributed by atoms with E-state index in [2.05, 4.69) is 17.2 Å². The Labute approximate surface area is 148 Å². The monoisotopic (exact) mass is 343 g/mol. The van der Waals surface area contributed by atoms with Gasteiger partial charge in [-0.05, 0) is 24.6 Å². The lowest BCUT2D eigenvalue weighted by atomic mass is 10.2. The minimum Gasteiger partial charge on any atom is -0.497 e. The summed E-state index contributed by atoms with van der Waals surface area (Å²) in [7, 11) is 5.02. The van der Waals surface area contributed by atoms with Gasteiger partial charge >= 0.3 is 0 Å². The fourth-order valence-electron chi connectivity index (χ4n) is 2.40. The molecule has 2 aromatic rings. The van der Waals surface area contributed by atoms with E-state index in [-0.39, 0.29) is 5.91 Å². The number of amides is 1. The molecule has 0 fully saturated rings. The maximum atomic E-state index is 12.5. The predicted octanol–water partition coefficient (Wildman–Crippen LogP) is 3.71. The molecule has 1 amide bonds. The number of anilines is 2. The van der Waals surface area contributed by atoms with Gasteiger partial charge in [0.05, 0.1) is 37.4 Å². The Hall–Kier alpha value is -2.76. The molecule has 1 N–H and O–H groups in total. The van der Waals surface area contributed by atoms with Crippen molar-refractivity contribution in [3.8, 4) is 11.5 Å². The van der Waals surface area contributed by atoms with Gasteiger partial charge in [0.2, 0.25) is 0 Å². The van der Waals surface area contributed by atoms with E-state index in [9.17, 15) is 4.79 Å². The van der Waals surface area contributed by atoms with Gasteiger partial charge in [0.1, 0.15) is 11.5 Å². The van der Waals surface area contributed by atoms with Crippen molar-refractivity contribution in [2.24, 2.45) is 0 Å². The lowest BCUT2D eigenvalue weighted by Crippen LogP contribution is -2.27. The number of methoxy groups -OCH3 is 2. The first-order valence-corrected chi connectivity index (χ1v) is 8.28. The number of hydrogen-bond acceptors (Lipinski definition) is 5. The third-order valence-electron chi connectivity index (χ3n) is 3.87. The Balaban J connectivity index is 2.18. The Morgan fingerprint density at radius 3 is 2.68 bits per heavy atom. The number of aromatic nitrogens is 1. The fraction of sp³-hybridized carbons (Fsp3) is 0.368. The van der Waals surface area contributed by atoms with Crippen molar-refractivity contribution in [1.82, 2.24) is 9.88 Å². The molecule has 6 nitrogen and oxygen atoms in total. The van der Waals surface area contributed by atoms with Gasteiger partial charge in [0.15, 0.2) is 0 Å². The van der Waals surface area contributed by atoms with Crippen LogP contribution in [-0.4, -0.2) is 43.6 Å². The van der Waals surface area contributed by atoms with Gasteiger partial charge < -0.3 is 19.7 Å². The molecule has 2 rings (SSSR count). The van der Waals surface area contributed by atoms with E-state index in [4.69, 9.17) is 9.47 Å². The zero-order chi connectivity index (χ0) is 18.2. The molecule has 0 radical (unpaired) electrons. The smallest absolute Gasteiger partial charge is 0.255 e. The maximum Gasteiger partial charge on any atom is 0.255 e. The van der Waals surface area contributed by atoms with E-state index >= 15 is 0 Å². The zero-order valence-corrected chi connectivity index (χ0v) is 15.2. The molecular formula is C19H25N3O3. The van der Waals surface area contributed by atoms with Crippen LogP contribution in [0.25, 0.3) is 0 Å². The molecule has 134 valence electrons. The SMILES string of the molecule is CCCCN(C)C(=O)c1cncc(Nc2ccc(OC)cc2OC)c1. The van der Waals surface area contributed by atoms with Crippen LogP contribution >= 0.6 is 0 Å². The Kier molecular flexibility index (Phi) is 6.62. The second kappa shape index (κ2) is 8.92. The molecule has 0 bridgehead atoms. The van der Waals surface area contributed by atoms with Crippen molar-refractivity contribution >= 4 is 17.3 Å². The standard InChI is InChI=1S/C19H25N3O3/c1-5-6-9-22(2)19(23)14-10-15(13-20-12-14)21-17-8-7-16(24-3)11-18(17)25-4/h7-8,10-13,21H,5-6,9H2,1-4H3. The van der Waals surface area contributed by atoms with Crippen molar-refractivity contribution in [1.29, 1.82) is 0 Å². The van der Waals surface area contributed by atoms with Crippen LogP contribution in [0.1, 0.15) is 30.1 Å². The van der Waals surface area contributed by atoms with Crippen LogP contribution in [-0.2, 0) is 0 Å². The van der Waals surface area contributed by atoms with Crippen molar-refractivity contribution in [3.05, 3.63) is 42.2 Å². The van der Waals surface area contributed by atoms with Gasteiger partial charge in [-0.3, -0.25) is 9.78 Å². The molecule has 0 atom stereocenters. The first-order valence-electron chi connectivity index (χ1n) is 8.28. The minimum absolute atomic E-state index is 0.0358. The quantitative estimate of drug-likeness (QED) is 0.791. The molecule has 25 heavy (non-hydrogen) atoms. The summed E-state index contributed by atoms with van der Waals surface area (Å²) in [6, 6.07) is 7.29. The summed E-state index contributed by atoms with van der Waals surface area (Å²) in [4.78, 5) is 18.4. The lowest BCUT2D eigenvalue weighted by molar-refractivity contribution is 0.0793. The van der Waals surface area contributed by atoms with E-state index < -0.39 is 0 Å². The highest BCUT2D eigenvalue weighted by molar-refractivity contribution is 5.94. The molecule has 0 unspecified atom stereocenters. The molecule has 0 spiro atoms. The summed E-state index contributed by atoms with van der Waals surface area (Å²) < 4.78 is 10.6. The van der Waals surface area contributed by atoms with Gasteiger partial charge in [-0.15, -0.1) is 0 Å². The Morgan fingerprint density at radius 2 is 2.00 bits per heavy atom. The van der Waals surface area contributed by atoms with E-state index in [0.29, 0.717) is 17.1 Å². The number of nitrogens with one attached hydrogen (secondary N) is 1. The largest absolute Gasteiger partial charge is 0.497 e. The summed E-state index contributed by atoms with van der Waals surface area (Å²) in [5, 5.41) is 3.24. The number of pyridine rings is 1. The third kappa shape index (κ3) is 4.86. The molecule has 1 aromatic heterocycles. The van der Waals surface area contributed by atoms with Crippen molar-refractivity contribution in [2.45, 2.75) is 19.8 Å². The van der Waals surface area contributed by atoms with Gasteiger partial charge in [-0.25, -0.2) is 0 Å². The highest BCUT2D eigenvalue weighted by Crippen LogP contribution is 2.31.